The van der Waals surface area contributed by atoms with Crippen molar-refractivity contribution in [2.75, 3.05) is 24.1 Å². The largest absolute Gasteiger partial charge is 0.444 e. The third kappa shape index (κ3) is 5.96. The monoisotopic (exact) mass is 449 g/mol. The molecule has 31 heavy (non-hydrogen) atoms. The van der Waals surface area contributed by atoms with Gasteiger partial charge in [0.1, 0.15) is 11.4 Å². The molecule has 0 aliphatic carbocycles. The van der Waals surface area contributed by atoms with E-state index in [0.717, 1.165) is 30.2 Å². The van der Waals surface area contributed by atoms with Gasteiger partial charge in [0, 0.05) is 24.3 Å². The Morgan fingerprint density at radius 2 is 1.84 bits per heavy atom. The second-order valence-corrected chi connectivity index (χ2v) is 10.8. The van der Waals surface area contributed by atoms with Gasteiger partial charge in [0.25, 0.3) is 0 Å². The smallest absolute Gasteiger partial charge is 0.410 e. The first-order valence-corrected chi connectivity index (χ1v) is 12.2. The van der Waals surface area contributed by atoms with Crippen LogP contribution < -0.4 is 4.72 Å². The summed E-state index contributed by atoms with van der Waals surface area (Å²) in [5, 5.41) is 4.62. The number of hydrogen-bond acceptors (Lipinski definition) is 6. The van der Waals surface area contributed by atoms with E-state index < -0.39 is 15.6 Å². The standard InChI is InChI=1S/C21H31N5O4S/c1-14-7-8-16(24-31(6,28)29)13-18(14)19-22-15(2)23-26(19)17-9-11-25(12-10-17)20(27)30-21(3,4)5/h7-8,13,17,24H,9-12H2,1-6H3. The summed E-state index contributed by atoms with van der Waals surface area (Å²) in [6.45, 7) is 10.5. The number of aromatic nitrogens is 3. The Hall–Kier alpha value is -2.62. The lowest BCUT2D eigenvalue weighted by molar-refractivity contribution is 0.0185. The van der Waals surface area contributed by atoms with Crippen LogP contribution in [-0.4, -0.2) is 59.1 Å². The molecule has 0 spiro atoms. The van der Waals surface area contributed by atoms with E-state index >= 15 is 0 Å². The van der Waals surface area contributed by atoms with Gasteiger partial charge in [-0.15, -0.1) is 0 Å². The van der Waals surface area contributed by atoms with Crippen LogP contribution in [0.1, 0.15) is 51.0 Å². The molecule has 1 aromatic heterocycles. The Labute approximate surface area is 183 Å². The number of hydrogen-bond donors (Lipinski definition) is 1. The Kier molecular flexibility index (Phi) is 6.31. The van der Waals surface area contributed by atoms with Crippen LogP contribution in [0.3, 0.4) is 0 Å². The van der Waals surface area contributed by atoms with E-state index in [2.05, 4.69) is 14.8 Å². The number of benzene rings is 1. The molecule has 2 heterocycles. The number of amides is 1. The molecule has 9 nitrogen and oxygen atoms in total. The quantitative estimate of drug-likeness (QED) is 0.766. The second kappa shape index (κ2) is 8.49. The zero-order chi connectivity index (χ0) is 23.0. The summed E-state index contributed by atoms with van der Waals surface area (Å²) in [6, 6.07) is 5.46. The van der Waals surface area contributed by atoms with Gasteiger partial charge in [-0.1, -0.05) is 6.07 Å². The number of carbonyl (C=O) groups is 1. The number of sulfonamides is 1. The number of rotatable bonds is 4. The first-order chi connectivity index (χ1) is 14.3. The Balaban J connectivity index is 1.83. The minimum atomic E-state index is -3.38. The number of piperidine rings is 1. The zero-order valence-corrected chi connectivity index (χ0v) is 19.8. The maximum absolute atomic E-state index is 12.4. The highest BCUT2D eigenvalue weighted by molar-refractivity contribution is 7.92. The average Bonchev–Trinajstić information content (AvgIpc) is 3.02. The van der Waals surface area contributed by atoms with Crippen LogP contribution in [0.2, 0.25) is 0 Å². The molecule has 1 aromatic carbocycles. The minimum absolute atomic E-state index is 0.0841. The average molecular weight is 450 g/mol. The molecular weight excluding hydrogens is 418 g/mol. The van der Waals surface area contributed by atoms with Crippen molar-refractivity contribution < 1.29 is 17.9 Å². The molecule has 0 radical (unpaired) electrons. The number of ether oxygens (including phenoxy) is 1. The molecule has 0 saturated carbocycles. The van der Waals surface area contributed by atoms with E-state index in [9.17, 15) is 13.2 Å². The lowest BCUT2D eigenvalue weighted by atomic mass is 10.0. The number of nitrogens with one attached hydrogen (secondary N) is 1. The lowest BCUT2D eigenvalue weighted by Crippen LogP contribution is -2.42. The summed E-state index contributed by atoms with van der Waals surface area (Å²) < 4.78 is 33.2. The van der Waals surface area contributed by atoms with Gasteiger partial charge < -0.3 is 9.64 Å². The summed E-state index contributed by atoms with van der Waals surface area (Å²) in [7, 11) is -3.38. The molecular formula is C21H31N5O4S. The Morgan fingerprint density at radius 1 is 1.19 bits per heavy atom. The molecule has 3 rings (SSSR count). The van der Waals surface area contributed by atoms with Crippen molar-refractivity contribution in [3.05, 3.63) is 29.6 Å². The number of nitrogens with zero attached hydrogens (tertiary/aromatic N) is 4. The molecule has 1 N–H and O–H groups in total. The van der Waals surface area contributed by atoms with Crippen molar-refractivity contribution in [2.45, 2.75) is 59.1 Å². The summed E-state index contributed by atoms with van der Waals surface area (Å²) in [5.41, 5.74) is 1.75. The molecule has 2 aromatic rings. The third-order valence-electron chi connectivity index (χ3n) is 4.98. The number of carbonyl (C=O) groups excluding carboxylic acids is 1. The maximum Gasteiger partial charge on any atom is 0.410 e. The number of anilines is 1. The highest BCUT2D eigenvalue weighted by Crippen LogP contribution is 2.31. The molecule has 0 bridgehead atoms. The fraction of sp³-hybridized carbons (Fsp3) is 0.571. The minimum Gasteiger partial charge on any atom is -0.444 e. The Bertz CT molecular complexity index is 1060. The predicted octanol–water partition coefficient (Wildman–Crippen LogP) is 3.51. The molecule has 10 heteroatoms. The summed E-state index contributed by atoms with van der Waals surface area (Å²) >= 11 is 0. The normalized spacial score (nSPS) is 15.7. The molecule has 1 saturated heterocycles. The maximum atomic E-state index is 12.4. The van der Waals surface area contributed by atoms with E-state index in [1.165, 1.54) is 0 Å². The lowest BCUT2D eigenvalue weighted by Gasteiger charge is -2.33. The Morgan fingerprint density at radius 3 is 2.42 bits per heavy atom. The van der Waals surface area contributed by atoms with Crippen molar-refractivity contribution in [2.24, 2.45) is 0 Å². The topological polar surface area (TPSA) is 106 Å². The van der Waals surface area contributed by atoms with Gasteiger partial charge in [0.05, 0.1) is 12.3 Å². The summed E-state index contributed by atoms with van der Waals surface area (Å²) in [6.07, 6.45) is 2.29. The number of aryl methyl sites for hydroxylation is 2. The first-order valence-electron chi connectivity index (χ1n) is 10.3. The fourth-order valence-electron chi connectivity index (χ4n) is 3.63. The van der Waals surface area contributed by atoms with Crippen molar-refractivity contribution in [3.8, 4) is 11.4 Å². The summed E-state index contributed by atoms with van der Waals surface area (Å²) in [4.78, 5) is 18.7. The van der Waals surface area contributed by atoms with Crippen LogP contribution in [0.25, 0.3) is 11.4 Å². The molecule has 170 valence electrons. The van der Waals surface area contributed by atoms with Crippen LogP contribution in [0.15, 0.2) is 18.2 Å². The van der Waals surface area contributed by atoms with Crippen molar-refractivity contribution in [1.82, 2.24) is 19.7 Å². The van der Waals surface area contributed by atoms with Gasteiger partial charge in [-0.2, -0.15) is 5.10 Å². The van der Waals surface area contributed by atoms with Crippen LogP contribution in [-0.2, 0) is 14.8 Å². The molecule has 1 amide bonds. The second-order valence-electron chi connectivity index (χ2n) is 9.03. The van der Waals surface area contributed by atoms with E-state index in [0.29, 0.717) is 30.4 Å². The predicted molar refractivity (Wildman–Crippen MR) is 119 cm³/mol. The SMILES string of the molecule is Cc1nc(-c2cc(NS(C)(=O)=O)ccc2C)n(C2CCN(C(=O)OC(C)(C)C)CC2)n1. The van der Waals surface area contributed by atoms with Crippen LogP contribution in [0.5, 0.6) is 0 Å². The van der Waals surface area contributed by atoms with Gasteiger partial charge in [-0.05, 0) is 65.2 Å². The van der Waals surface area contributed by atoms with Crippen LogP contribution >= 0.6 is 0 Å². The van der Waals surface area contributed by atoms with E-state index in [-0.39, 0.29) is 12.1 Å². The van der Waals surface area contributed by atoms with Crippen LogP contribution in [0.4, 0.5) is 10.5 Å². The summed E-state index contributed by atoms with van der Waals surface area (Å²) in [5.74, 6) is 1.34. The van der Waals surface area contributed by atoms with Gasteiger partial charge in [-0.3, -0.25) is 4.72 Å². The first kappa shape index (κ1) is 23.1. The van der Waals surface area contributed by atoms with Crippen molar-refractivity contribution in [1.29, 1.82) is 0 Å². The molecule has 0 unspecified atom stereocenters. The van der Waals surface area contributed by atoms with E-state index in [1.54, 1.807) is 17.0 Å². The van der Waals surface area contributed by atoms with E-state index in [4.69, 9.17) is 4.74 Å². The fourth-order valence-corrected chi connectivity index (χ4v) is 4.18. The molecule has 1 aliphatic heterocycles. The van der Waals surface area contributed by atoms with Crippen molar-refractivity contribution >= 4 is 21.8 Å². The molecule has 0 atom stereocenters. The zero-order valence-electron chi connectivity index (χ0n) is 19.0. The van der Waals surface area contributed by atoms with Gasteiger partial charge in [0.15, 0.2) is 5.82 Å². The van der Waals surface area contributed by atoms with E-state index in [1.807, 2.05) is 45.4 Å². The third-order valence-corrected chi connectivity index (χ3v) is 5.59. The van der Waals surface area contributed by atoms with Gasteiger partial charge in [-0.25, -0.2) is 22.9 Å². The molecule has 1 aliphatic rings. The van der Waals surface area contributed by atoms with Gasteiger partial charge in [0.2, 0.25) is 10.0 Å². The molecule has 1 fully saturated rings. The number of likely N-dealkylation sites (tertiary alicyclic amines) is 1. The highest BCUT2D eigenvalue weighted by Gasteiger charge is 2.29. The highest BCUT2D eigenvalue weighted by atomic mass is 32.2. The van der Waals surface area contributed by atoms with Crippen LogP contribution in [0, 0.1) is 13.8 Å². The van der Waals surface area contributed by atoms with Crippen molar-refractivity contribution in [3.63, 3.8) is 0 Å². The van der Waals surface area contributed by atoms with Gasteiger partial charge >= 0.3 is 6.09 Å².